The lowest BCUT2D eigenvalue weighted by atomic mass is 10.1. The second-order valence-electron chi connectivity index (χ2n) is 3.80. The van der Waals surface area contributed by atoms with Gasteiger partial charge in [0, 0.05) is 18.7 Å². The second kappa shape index (κ2) is 6.64. The molecule has 0 bridgehead atoms. The maximum Gasteiger partial charge on any atom is 0.124 e. The number of nitrogens with two attached hydrogens (primary N) is 1. The molecule has 1 aromatic rings. The number of hydrogen-bond donors (Lipinski definition) is 2. The molecule has 0 fully saturated rings. The van der Waals surface area contributed by atoms with Crippen molar-refractivity contribution in [1.29, 1.82) is 0 Å². The molecule has 0 amide bonds. The largest absolute Gasteiger partial charge is 0.395 e. The van der Waals surface area contributed by atoms with E-state index < -0.39 is 0 Å². The molecule has 1 aromatic carbocycles. The minimum atomic E-state index is -0.342. The molecule has 3 nitrogen and oxygen atoms in total. The van der Waals surface area contributed by atoms with E-state index in [9.17, 15) is 4.39 Å². The molecule has 0 spiro atoms. The Labute approximate surface area is 106 Å². The van der Waals surface area contributed by atoms with Crippen LogP contribution in [0.4, 0.5) is 4.39 Å². The minimum absolute atomic E-state index is 0.0886. The number of hydrogen-bond acceptors (Lipinski definition) is 3. The van der Waals surface area contributed by atoms with E-state index in [1.54, 1.807) is 6.07 Å². The maximum atomic E-state index is 13.3. The fourth-order valence-corrected chi connectivity index (χ4v) is 1.75. The first-order valence-corrected chi connectivity index (χ1v) is 5.90. The van der Waals surface area contributed by atoms with Crippen LogP contribution < -0.4 is 5.73 Å². The number of likely N-dealkylation sites (N-methyl/N-ethyl adjacent to an activating group) is 1. The molecule has 1 rings (SSSR count). The van der Waals surface area contributed by atoms with E-state index in [-0.39, 0.29) is 17.4 Å². The SMILES string of the molecule is CCN(CCO)Cc1cc(F)cc(C(N)=S)c1. The third-order valence-electron chi connectivity index (χ3n) is 2.51. The first kappa shape index (κ1) is 14.0. The van der Waals surface area contributed by atoms with Gasteiger partial charge in [-0.3, -0.25) is 4.90 Å². The summed E-state index contributed by atoms with van der Waals surface area (Å²) in [6, 6.07) is 4.57. The van der Waals surface area contributed by atoms with Crippen molar-refractivity contribution in [2.75, 3.05) is 19.7 Å². The average molecular weight is 256 g/mol. The molecule has 3 N–H and O–H groups in total. The van der Waals surface area contributed by atoms with E-state index in [0.717, 1.165) is 12.1 Å². The zero-order chi connectivity index (χ0) is 12.8. The summed E-state index contributed by atoms with van der Waals surface area (Å²) in [5, 5.41) is 8.89. The summed E-state index contributed by atoms with van der Waals surface area (Å²) in [5.74, 6) is -0.342. The first-order chi connectivity index (χ1) is 8.06. The van der Waals surface area contributed by atoms with E-state index in [0.29, 0.717) is 18.7 Å². The first-order valence-electron chi connectivity index (χ1n) is 5.49. The van der Waals surface area contributed by atoms with Gasteiger partial charge in [-0.05, 0) is 30.3 Å². The van der Waals surface area contributed by atoms with Gasteiger partial charge in [-0.2, -0.15) is 0 Å². The number of thiocarbonyl (C=S) groups is 1. The normalized spacial score (nSPS) is 10.8. The van der Waals surface area contributed by atoms with Crippen LogP contribution in [0.5, 0.6) is 0 Å². The molecule has 0 aliphatic carbocycles. The summed E-state index contributed by atoms with van der Waals surface area (Å²) in [6.45, 7) is 4.01. The van der Waals surface area contributed by atoms with Crippen molar-refractivity contribution in [3.05, 3.63) is 35.1 Å². The van der Waals surface area contributed by atoms with Crippen molar-refractivity contribution in [3.63, 3.8) is 0 Å². The lowest BCUT2D eigenvalue weighted by Crippen LogP contribution is -2.26. The van der Waals surface area contributed by atoms with Gasteiger partial charge in [0.15, 0.2) is 0 Å². The van der Waals surface area contributed by atoms with E-state index in [4.69, 9.17) is 23.1 Å². The fourth-order valence-electron chi connectivity index (χ4n) is 1.63. The smallest absolute Gasteiger partial charge is 0.124 e. The lowest BCUT2D eigenvalue weighted by molar-refractivity contribution is 0.196. The van der Waals surface area contributed by atoms with Crippen LogP contribution in [0.25, 0.3) is 0 Å². The van der Waals surface area contributed by atoms with Crippen molar-refractivity contribution < 1.29 is 9.50 Å². The Morgan fingerprint density at radius 1 is 1.47 bits per heavy atom. The number of aliphatic hydroxyl groups is 1. The van der Waals surface area contributed by atoms with Crippen LogP contribution in [0.1, 0.15) is 18.1 Å². The topological polar surface area (TPSA) is 49.5 Å². The van der Waals surface area contributed by atoms with Gasteiger partial charge in [0.2, 0.25) is 0 Å². The monoisotopic (exact) mass is 256 g/mol. The summed E-state index contributed by atoms with van der Waals surface area (Å²) in [7, 11) is 0. The summed E-state index contributed by atoms with van der Waals surface area (Å²) in [4.78, 5) is 2.20. The van der Waals surface area contributed by atoms with Crippen molar-refractivity contribution in [1.82, 2.24) is 4.90 Å². The van der Waals surface area contributed by atoms with Gasteiger partial charge < -0.3 is 10.8 Å². The van der Waals surface area contributed by atoms with Crippen LogP contribution in [0.3, 0.4) is 0 Å². The lowest BCUT2D eigenvalue weighted by Gasteiger charge is -2.19. The molecule has 0 aromatic heterocycles. The van der Waals surface area contributed by atoms with Crippen molar-refractivity contribution in [2.45, 2.75) is 13.5 Å². The van der Waals surface area contributed by atoms with E-state index >= 15 is 0 Å². The number of nitrogens with zero attached hydrogens (tertiary/aromatic N) is 1. The molecular formula is C12H17FN2OS. The Morgan fingerprint density at radius 3 is 2.71 bits per heavy atom. The Balaban J connectivity index is 2.86. The third-order valence-corrected chi connectivity index (χ3v) is 2.75. The molecule has 0 aliphatic rings. The van der Waals surface area contributed by atoms with Crippen LogP contribution >= 0.6 is 12.2 Å². The van der Waals surface area contributed by atoms with E-state index in [1.165, 1.54) is 12.1 Å². The Hall–Kier alpha value is -1.04. The molecule has 0 saturated heterocycles. The maximum absolute atomic E-state index is 13.3. The van der Waals surface area contributed by atoms with Gasteiger partial charge in [0.1, 0.15) is 10.8 Å². The Bertz CT molecular complexity index is 398. The highest BCUT2D eigenvalue weighted by Crippen LogP contribution is 2.11. The van der Waals surface area contributed by atoms with Crippen molar-refractivity contribution in [3.8, 4) is 0 Å². The zero-order valence-corrected chi connectivity index (χ0v) is 10.6. The molecule has 0 radical (unpaired) electrons. The highest BCUT2D eigenvalue weighted by Gasteiger charge is 2.07. The van der Waals surface area contributed by atoms with Gasteiger partial charge in [0.25, 0.3) is 0 Å². The van der Waals surface area contributed by atoms with Crippen LogP contribution in [-0.4, -0.2) is 34.7 Å². The van der Waals surface area contributed by atoms with Crippen molar-refractivity contribution in [2.24, 2.45) is 5.73 Å². The van der Waals surface area contributed by atoms with E-state index in [2.05, 4.69) is 0 Å². The van der Waals surface area contributed by atoms with Crippen LogP contribution in [0.2, 0.25) is 0 Å². The molecule has 0 heterocycles. The van der Waals surface area contributed by atoms with Gasteiger partial charge in [0.05, 0.1) is 6.61 Å². The number of aliphatic hydroxyl groups excluding tert-OH is 1. The number of benzene rings is 1. The van der Waals surface area contributed by atoms with Gasteiger partial charge in [-0.15, -0.1) is 0 Å². The van der Waals surface area contributed by atoms with E-state index in [1.807, 2.05) is 11.8 Å². The predicted octanol–water partition coefficient (Wildman–Crippen LogP) is 1.27. The molecular weight excluding hydrogens is 239 g/mol. The van der Waals surface area contributed by atoms with Gasteiger partial charge >= 0.3 is 0 Å². The molecule has 0 aliphatic heterocycles. The Kier molecular flexibility index (Phi) is 5.47. The molecule has 5 heteroatoms. The summed E-state index contributed by atoms with van der Waals surface area (Å²) in [5.41, 5.74) is 6.83. The standard InChI is InChI=1S/C12H17FN2OS/c1-2-15(3-4-16)8-9-5-10(12(14)17)7-11(13)6-9/h5-7,16H,2-4,8H2,1H3,(H2,14,17). The van der Waals surface area contributed by atoms with Gasteiger partial charge in [-0.1, -0.05) is 19.1 Å². The van der Waals surface area contributed by atoms with Crippen LogP contribution in [-0.2, 0) is 6.54 Å². The molecule has 17 heavy (non-hydrogen) atoms. The summed E-state index contributed by atoms with van der Waals surface area (Å²) >= 11 is 4.83. The highest BCUT2D eigenvalue weighted by atomic mass is 32.1. The quantitative estimate of drug-likeness (QED) is 0.753. The molecule has 0 atom stereocenters. The van der Waals surface area contributed by atoms with Gasteiger partial charge in [-0.25, -0.2) is 4.39 Å². The number of rotatable bonds is 6. The third kappa shape index (κ3) is 4.38. The summed E-state index contributed by atoms with van der Waals surface area (Å²) in [6.07, 6.45) is 0. The minimum Gasteiger partial charge on any atom is -0.395 e. The van der Waals surface area contributed by atoms with Crippen molar-refractivity contribution >= 4 is 17.2 Å². The van der Waals surface area contributed by atoms with Crippen LogP contribution in [0, 0.1) is 5.82 Å². The molecule has 94 valence electrons. The predicted molar refractivity (Wildman–Crippen MR) is 70.3 cm³/mol. The fraction of sp³-hybridized carbons (Fsp3) is 0.417. The number of halogens is 1. The highest BCUT2D eigenvalue weighted by molar-refractivity contribution is 7.80. The summed E-state index contributed by atoms with van der Waals surface area (Å²) < 4.78 is 13.3. The average Bonchev–Trinajstić information content (AvgIpc) is 2.27. The van der Waals surface area contributed by atoms with Crippen LogP contribution in [0.15, 0.2) is 18.2 Å². The Morgan fingerprint density at radius 2 is 2.18 bits per heavy atom. The zero-order valence-electron chi connectivity index (χ0n) is 9.82. The molecule has 0 saturated carbocycles. The second-order valence-corrected chi connectivity index (χ2v) is 4.24. The molecule has 0 unspecified atom stereocenters.